The first-order valence-corrected chi connectivity index (χ1v) is 13.0. The minimum atomic E-state index is -0.499. The molecule has 0 aliphatic carbocycles. The molecule has 7 heteroatoms. The molecule has 1 atom stereocenters. The van der Waals surface area contributed by atoms with Gasteiger partial charge in [0, 0.05) is 16.8 Å². The maximum absolute atomic E-state index is 13.1. The molecule has 0 bridgehead atoms. The molecule has 1 amide bonds. The molecule has 1 aromatic heterocycles. The SMILES string of the molecule is COc1ccc(-c2cc(-c3ccc(C)cc3)nc(SC(C)C(=O)Nc3ccccc3C)c2C#N)cc1OC. The van der Waals surface area contributed by atoms with Crippen molar-refractivity contribution in [3.8, 4) is 40.0 Å². The number of thioether (sulfide) groups is 1. The molecular weight excluding hydrogens is 494 g/mol. The fourth-order valence-corrected chi connectivity index (χ4v) is 4.91. The number of carbonyl (C=O) groups is 1. The Morgan fingerprint density at radius 3 is 2.29 bits per heavy atom. The highest BCUT2D eigenvalue weighted by Crippen LogP contribution is 2.39. The van der Waals surface area contributed by atoms with E-state index in [0.29, 0.717) is 33.3 Å². The summed E-state index contributed by atoms with van der Waals surface area (Å²) in [6, 6.07) is 25.5. The zero-order chi connectivity index (χ0) is 27.2. The van der Waals surface area contributed by atoms with E-state index in [0.717, 1.165) is 27.9 Å². The highest BCUT2D eigenvalue weighted by Gasteiger charge is 2.22. The van der Waals surface area contributed by atoms with Crippen LogP contribution in [0.25, 0.3) is 22.4 Å². The largest absolute Gasteiger partial charge is 0.493 e. The van der Waals surface area contributed by atoms with Crippen molar-refractivity contribution in [1.82, 2.24) is 4.98 Å². The number of rotatable bonds is 8. The Balaban J connectivity index is 1.79. The van der Waals surface area contributed by atoms with Crippen LogP contribution in [0.1, 0.15) is 23.6 Å². The second-order valence-corrected chi connectivity index (χ2v) is 10.2. The number of amides is 1. The van der Waals surface area contributed by atoms with Crippen LogP contribution in [0.5, 0.6) is 11.5 Å². The first kappa shape index (κ1) is 26.8. The minimum absolute atomic E-state index is 0.164. The quantitative estimate of drug-likeness (QED) is 0.249. The molecule has 38 heavy (non-hydrogen) atoms. The third-order valence-corrected chi connectivity index (χ3v) is 7.29. The highest BCUT2D eigenvalue weighted by molar-refractivity contribution is 8.00. The van der Waals surface area contributed by atoms with Crippen molar-refractivity contribution < 1.29 is 14.3 Å². The molecule has 192 valence electrons. The van der Waals surface area contributed by atoms with Gasteiger partial charge in [-0.3, -0.25) is 4.79 Å². The van der Waals surface area contributed by atoms with Crippen molar-refractivity contribution in [2.24, 2.45) is 0 Å². The van der Waals surface area contributed by atoms with E-state index in [1.54, 1.807) is 14.2 Å². The lowest BCUT2D eigenvalue weighted by Gasteiger charge is -2.17. The van der Waals surface area contributed by atoms with E-state index in [9.17, 15) is 10.1 Å². The lowest BCUT2D eigenvalue weighted by atomic mass is 9.98. The predicted molar refractivity (Wildman–Crippen MR) is 153 cm³/mol. The Bertz CT molecular complexity index is 1510. The zero-order valence-corrected chi connectivity index (χ0v) is 22.8. The number of carbonyl (C=O) groups excluding carboxylic acids is 1. The summed E-state index contributed by atoms with van der Waals surface area (Å²) in [5.74, 6) is 0.991. The van der Waals surface area contributed by atoms with Gasteiger partial charge in [0.1, 0.15) is 11.1 Å². The minimum Gasteiger partial charge on any atom is -0.493 e. The van der Waals surface area contributed by atoms with Crippen LogP contribution in [0.15, 0.2) is 77.8 Å². The van der Waals surface area contributed by atoms with Crippen LogP contribution in [0.2, 0.25) is 0 Å². The number of nitrogens with zero attached hydrogens (tertiary/aromatic N) is 2. The molecule has 0 fully saturated rings. The third kappa shape index (κ3) is 5.82. The fourth-order valence-electron chi connectivity index (χ4n) is 3.99. The van der Waals surface area contributed by atoms with Crippen molar-refractivity contribution >= 4 is 23.4 Å². The van der Waals surface area contributed by atoms with Crippen LogP contribution in [-0.2, 0) is 4.79 Å². The maximum atomic E-state index is 13.1. The summed E-state index contributed by atoms with van der Waals surface area (Å²) in [6.45, 7) is 5.79. The highest BCUT2D eigenvalue weighted by atomic mass is 32.2. The van der Waals surface area contributed by atoms with Gasteiger partial charge in [0.25, 0.3) is 0 Å². The Hall–Kier alpha value is -4.28. The van der Waals surface area contributed by atoms with Crippen LogP contribution >= 0.6 is 11.8 Å². The van der Waals surface area contributed by atoms with Gasteiger partial charge >= 0.3 is 0 Å². The average molecular weight is 524 g/mol. The van der Waals surface area contributed by atoms with E-state index in [2.05, 4.69) is 11.4 Å². The fraction of sp³-hybridized carbons (Fsp3) is 0.194. The van der Waals surface area contributed by atoms with Crippen LogP contribution in [-0.4, -0.2) is 30.4 Å². The van der Waals surface area contributed by atoms with Crippen molar-refractivity contribution in [1.29, 1.82) is 5.26 Å². The second-order valence-electron chi connectivity index (χ2n) is 8.85. The van der Waals surface area contributed by atoms with Gasteiger partial charge in [-0.15, -0.1) is 0 Å². The number of pyridine rings is 1. The number of benzene rings is 3. The number of aryl methyl sites for hydroxylation is 2. The number of hydrogen-bond acceptors (Lipinski definition) is 6. The Labute approximate surface area is 227 Å². The van der Waals surface area contributed by atoms with E-state index in [4.69, 9.17) is 14.5 Å². The molecule has 0 aliphatic heterocycles. The zero-order valence-electron chi connectivity index (χ0n) is 22.0. The normalized spacial score (nSPS) is 11.4. The molecule has 1 N–H and O–H groups in total. The number of ether oxygens (including phenoxy) is 2. The Morgan fingerprint density at radius 1 is 0.947 bits per heavy atom. The molecule has 0 spiro atoms. The van der Waals surface area contributed by atoms with Crippen molar-refractivity contribution in [3.05, 3.63) is 89.5 Å². The first-order chi connectivity index (χ1) is 18.3. The summed E-state index contributed by atoms with van der Waals surface area (Å²) in [6.07, 6.45) is 0. The lowest BCUT2D eigenvalue weighted by molar-refractivity contribution is -0.115. The Kier molecular flexibility index (Phi) is 8.35. The van der Waals surface area contributed by atoms with Gasteiger partial charge in [-0.05, 0) is 56.2 Å². The lowest BCUT2D eigenvalue weighted by Crippen LogP contribution is -2.23. The van der Waals surface area contributed by atoms with Crippen molar-refractivity contribution in [3.63, 3.8) is 0 Å². The second kappa shape index (κ2) is 11.8. The molecular formula is C31H29N3O3S. The summed E-state index contributed by atoms with van der Waals surface area (Å²) >= 11 is 1.26. The average Bonchev–Trinajstić information content (AvgIpc) is 2.93. The van der Waals surface area contributed by atoms with Crippen LogP contribution < -0.4 is 14.8 Å². The molecule has 4 aromatic rings. The topological polar surface area (TPSA) is 84.2 Å². The smallest absolute Gasteiger partial charge is 0.237 e. The van der Waals surface area contributed by atoms with Crippen LogP contribution in [0.4, 0.5) is 5.69 Å². The molecule has 6 nitrogen and oxygen atoms in total. The molecule has 3 aromatic carbocycles. The van der Waals surface area contributed by atoms with Gasteiger partial charge in [-0.25, -0.2) is 4.98 Å². The molecule has 4 rings (SSSR count). The van der Waals surface area contributed by atoms with E-state index in [1.807, 2.05) is 93.6 Å². The molecule has 0 radical (unpaired) electrons. The number of nitrogens with one attached hydrogen (secondary N) is 1. The summed E-state index contributed by atoms with van der Waals surface area (Å²) in [5, 5.41) is 13.2. The molecule has 1 unspecified atom stereocenters. The number of aromatic nitrogens is 1. The van der Waals surface area contributed by atoms with Crippen molar-refractivity contribution in [2.75, 3.05) is 19.5 Å². The monoisotopic (exact) mass is 523 g/mol. The summed E-state index contributed by atoms with van der Waals surface area (Å²) < 4.78 is 10.9. The number of anilines is 1. The summed E-state index contributed by atoms with van der Waals surface area (Å²) in [5.41, 5.74) is 6.39. The maximum Gasteiger partial charge on any atom is 0.237 e. The van der Waals surface area contributed by atoms with E-state index >= 15 is 0 Å². The van der Waals surface area contributed by atoms with Gasteiger partial charge in [0.05, 0.1) is 30.7 Å². The van der Waals surface area contributed by atoms with Gasteiger partial charge in [0.2, 0.25) is 5.91 Å². The van der Waals surface area contributed by atoms with E-state index in [-0.39, 0.29) is 5.91 Å². The van der Waals surface area contributed by atoms with E-state index in [1.165, 1.54) is 11.8 Å². The third-order valence-electron chi connectivity index (χ3n) is 6.20. The van der Waals surface area contributed by atoms with Crippen LogP contribution in [0, 0.1) is 25.2 Å². The van der Waals surface area contributed by atoms with Gasteiger partial charge < -0.3 is 14.8 Å². The van der Waals surface area contributed by atoms with E-state index < -0.39 is 5.25 Å². The molecule has 0 saturated heterocycles. The number of para-hydroxylation sites is 1. The molecule has 0 aliphatic rings. The number of hydrogen-bond donors (Lipinski definition) is 1. The first-order valence-electron chi connectivity index (χ1n) is 12.1. The Morgan fingerprint density at radius 2 is 1.63 bits per heavy atom. The predicted octanol–water partition coefficient (Wildman–Crippen LogP) is 7.04. The summed E-state index contributed by atoms with van der Waals surface area (Å²) in [4.78, 5) is 18.0. The number of methoxy groups -OCH3 is 2. The van der Waals surface area contributed by atoms with Crippen molar-refractivity contribution in [2.45, 2.75) is 31.0 Å². The summed E-state index contributed by atoms with van der Waals surface area (Å²) in [7, 11) is 3.16. The van der Waals surface area contributed by atoms with Crippen LogP contribution in [0.3, 0.4) is 0 Å². The molecule has 1 heterocycles. The van der Waals surface area contributed by atoms with Gasteiger partial charge in [-0.1, -0.05) is 65.9 Å². The van der Waals surface area contributed by atoms with Gasteiger partial charge in [0.15, 0.2) is 11.5 Å². The standard InChI is InChI=1S/C31H29N3O3S/c1-19-10-12-22(13-11-19)27-17-24(23-14-15-28(36-4)29(16-23)37-5)25(18-32)31(34-27)38-21(3)30(35)33-26-9-7-6-8-20(26)2/h6-17,21H,1-5H3,(H,33,35). The van der Waals surface area contributed by atoms with Gasteiger partial charge in [-0.2, -0.15) is 5.26 Å². The number of nitriles is 1. The molecule has 0 saturated carbocycles.